The van der Waals surface area contributed by atoms with Crippen molar-refractivity contribution in [1.82, 2.24) is 14.5 Å². The predicted molar refractivity (Wildman–Crippen MR) is 66.4 cm³/mol. The first-order chi connectivity index (χ1) is 8.49. The summed E-state index contributed by atoms with van der Waals surface area (Å²) in [6, 6.07) is 0. The van der Waals surface area contributed by atoms with Crippen LogP contribution in [0.5, 0.6) is 0 Å². The number of rotatable bonds is 4. The molecule has 18 heavy (non-hydrogen) atoms. The lowest BCUT2D eigenvalue weighted by molar-refractivity contribution is 0.0724. The first-order valence-corrected chi connectivity index (χ1v) is 7.64. The van der Waals surface area contributed by atoms with Crippen molar-refractivity contribution in [3.63, 3.8) is 0 Å². The van der Waals surface area contributed by atoms with E-state index < -0.39 is 16.1 Å². The Labute approximate surface area is 107 Å². The second kappa shape index (κ2) is 5.38. The lowest BCUT2D eigenvalue weighted by Gasteiger charge is -2.27. The Morgan fingerprint density at radius 1 is 1.50 bits per heavy atom. The summed E-state index contributed by atoms with van der Waals surface area (Å²) in [4.78, 5) is 0.162. The lowest BCUT2D eigenvalue weighted by Crippen LogP contribution is -2.36. The zero-order valence-electron chi connectivity index (χ0n) is 10.4. The second-order valence-corrected chi connectivity index (χ2v) is 6.58. The molecule has 102 valence electrons. The fourth-order valence-electron chi connectivity index (χ4n) is 2.26. The van der Waals surface area contributed by atoms with Gasteiger partial charge in [-0.3, -0.25) is 4.68 Å². The molecular formula is C11H19N3O3S. The fraction of sp³-hybridized carbons (Fsp3) is 0.727. The molecular weight excluding hydrogens is 254 g/mol. The molecule has 0 bridgehead atoms. The Hall–Kier alpha value is -0.920. The Morgan fingerprint density at radius 3 is 2.83 bits per heavy atom. The van der Waals surface area contributed by atoms with Crippen LogP contribution < -0.4 is 4.72 Å². The van der Waals surface area contributed by atoms with Crippen LogP contribution in [0.25, 0.3) is 0 Å². The standard InChI is InChI=1S/C11H19N3O3S/c1-14-8-10(7-12-14)18(16,17)13-6-9-4-2-3-5-11(9)15/h7-9,11,13,15H,2-6H2,1H3. The van der Waals surface area contributed by atoms with Gasteiger partial charge in [-0.2, -0.15) is 5.10 Å². The van der Waals surface area contributed by atoms with Crippen molar-refractivity contribution in [3.8, 4) is 0 Å². The Kier molecular flexibility index (Phi) is 4.04. The van der Waals surface area contributed by atoms with Crippen molar-refractivity contribution in [2.24, 2.45) is 13.0 Å². The van der Waals surface area contributed by atoms with Gasteiger partial charge < -0.3 is 5.11 Å². The average Bonchev–Trinajstić information content (AvgIpc) is 2.76. The molecule has 0 spiro atoms. The molecule has 0 aromatic carbocycles. The maximum Gasteiger partial charge on any atom is 0.243 e. The molecule has 0 radical (unpaired) electrons. The van der Waals surface area contributed by atoms with Gasteiger partial charge in [0.1, 0.15) is 4.90 Å². The largest absolute Gasteiger partial charge is 0.393 e. The van der Waals surface area contributed by atoms with Crippen molar-refractivity contribution in [3.05, 3.63) is 12.4 Å². The highest BCUT2D eigenvalue weighted by atomic mass is 32.2. The molecule has 7 heteroatoms. The third kappa shape index (κ3) is 3.09. The van der Waals surface area contributed by atoms with E-state index in [0.717, 1.165) is 25.7 Å². The van der Waals surface area contributed by atoms with Crippen LogP contribution >= 0.6 is 0 Å². The van der Waals surface area contributed by atoms with E-state index in [1.165, 1.54) is 17.1 Å². The average molecular weight is 273 g/mol. The number of nitrogens with one attached hydrogen (secondary N) is 1. The molecule has 2 N–H and O–H groups in total. The fourth-order valence-corrected chi connectivity index (χ4v) is 3.34. The molecule has 1 aliphatic carbocycles. The minimum absolute atomic E-state index is 0.0187. The van der Waals surface area contributed by atoms with Gasteiger partial charge in [-0.05, 0) is 18.8 Å². The van der Waals surface area contributed by atoms with E-state index in [1.54, 1.807) is 7.05 Å². The number of hydrogen-bond donors (Lipinski definition) is 2. The van der Waals surface area contributed by atoms with Gasteiger partial charge in [-0.15, -0.1) is 0 Å². The van der Waals surface area contributed by atoms with Crippen LogP contribution in [0.1, 0.15) is 25.7 Å². The minimum Gasteiger partial charge on any atom is -0.393 e. The quantitative estimate of drug-likeness (QED) is 0.823. The molecule has 1 aromatic rings. The summed E-state index contributed by atoms with van der Waals surface area (Å²) in [7, 11) is -1.84. The number of sulfonamides is 1. The van der Waals surface area contributed by atoms with Gasteiger partial charge in [0.2, 0.25) is 10.0 Å². The Bertz CT molecular complexity index is 497. The van der Waals surface area contributed by atoms with Crippen LogP contribution in [0.4, 0.5) is 0 Å². The number of aliphatic hydroxyl groups is 1. The normalized spacial score (nSPS) is 25.2. The summed E-state index contributed by atoms with van der Waals surface area (Å²) in [6.45, 7) is 0.290. The van der Waals surface area contributed by atoms with Gasteiger partial charge in [-0.25, -0.2) is 13.1 Å². The molecule has 6 nitrogen and oxygen atoms in total. The van der Waals surface area contributed by atoms with Crippen molar-refractivity contribution in [2.75, 3.05) is 6.54 Å². The molecule has 2 unspecified atom stereocenters. The van der Waals surface area contributed by atoms with Crippen LogP contribution in [-0.4, -0.2) is 36.0 Å². The van der Waals surface area contributed by atoms with Crippen LogP contribution in [0.15, 0.2) is 17.3 Å². The van der Waals surface area contributed by atoms with E-state index in [2.05, 4.69) is 9.82 Å². The molecule has 2 atom stereocenters. The highest BCUT2D eigenvalue weighted by Crippen LogP contribution is 2.24. The number of aliphatic hydroxyl groups excluding tert-OH is 1. The minimum atomic E-state index is -3.51. The highest BCUT2D eigenvalue weighted by molar-refractivity contribution is 7.89. The Morgan fingerprint density at radius 2 is 2.22 bits per heavy atom. The van der Waals surface area contributed by atoms with Gasteiger partial charge in [0, 0.05) is 19.8 Å². The van der Waals surface area contributed by atoms with Crippen LogP contribution in [0.3, 0.4) is 0 Å². The van der Waals surface area contributed by atoms with E-state index in [0.29, 0.717) is 6.54 Å². The molecule has 1 fully saturated rings. The number of aromatic nitrogens is 2. The summed E-state index contributed by atoms with van der Waals surface area (Å²) >= 11 is 0. The first kappa shape index (κ1) is 13.5. The van der Waals surface area contributed by atoms with E-state index in [9.17, 15) is 13.5 Å². The van der Waals surface area contributed by atoms with E-state index in [1.807, 2.05) is 0 Å². The van der Waals surface area contributed by atoms with Crippen LogP contribution in [0, 0.1) is 5.92 Å². The van der Waals surface area contributed by atoms with E-state index in [4.69, 9.17) is 0 Å². The van der Waals surface area contributed by atoms with Gasteiger partial charge in [-0.1, -0.05) is 12.8 Å². The van der Waals surface area contributed by atoms with Crippen LogP contribution in [-0.2, 0) is 17.1 Å². The maximum atomic E-state index is 11.9. The van der Waals surface area contributed by atoms with Crippen molar-refractivity contribution < 1.29 is 13.5 Å². The topological polar surface area (TPSA) is 84.2 Å². The summed E-state index contributed by atoms with van der Waals surface area (Å²) in [6.07, 6.45) is 6.09. The monoisotopic (exact) mass is 273 g/mol. The molecule has 1 saturated carbocycles. The molecule has 1 aliphatic rings. The predicted octanol–water partition coefficient (Wildman–Crippen LogP) is 0.249. The first-order valence-electron chi connectivity index (χ1n) is 6.15. The summed E-state index contributed by atoms with van der Waals surface area (Å²) in [5.41, 5.74) is 0. The molecule has 1 heterocycles. The molecule has 1 aromatic heterocycles. The number of nitrogens with zero attached hydrogens (tertiary/aromatic N) is 2. The summed E-state index contributed by atoms with van der Waals surface area (Å²) in [5, 5.41) is 13.6. The van der Waals surface area contributed by atoms with Crippen LogP contribution in [0.2, 0.25) is 0 Å². The van der Waals surface area contributed by atoms with Gasteiger partial charge in [0.15, 0.2) is 0 Å². The lowest BCUT2D eigenvalue weighted by atomic mass is 9.87. The van der Waals surface area contributed by atoms with E-state index in [-0.39, 0.29) is 10.8 Å². The maximum absolute atomic E-state index is 11.9. The zero-order chi connectivity index (χ0) is 13.2. The number of aryl methyl sites for hydroxylation is 1. The molecule has 0 amide bonds. The van der Waals surface area contributed by atoms with Gasteiger partial charge in [0.25, 0.3) is 0 Å². The molecule has 2 rings (SSSR count). The molecule has 0 aliphatic heterocycles. The summed E-state index contributed by atoms with van der Waals surface area (Å²) < 4.78 is 27.9. The second-order valence-electron chi connectivity index (χ2n) is 4.81. The van der Waals surface area contributed by atoms with E-state index >= 15 is 0 Å². The molecule has 0 saturated heterocycles. The van der Waals surface area contributed by atoms with Crippen molar-refractivity contribution >= 4 is 10.0 Å². The van der Waals surface area contributed by atoms with Crippen molar-refractivity contribution in [1.29, 1.82) is 0 Å². The number of hydrogen-bond acceptors (Lipinski definition) is 4. The van der Waals surface area contributed by atoms with Gasteiger partial charge in [0.05, 0.1) is 12.3 Å². The van der Waals surface area contributed by atoms with Crippen molar-refractivity contribution in [2.45, 2.75) is 36.7 Å². The Balaban J connectivity index is 1.96. The third-order valence-electron chi connectivity index (χ3n) is 3.40. The highest BCUT2D eigenvalue weighted by Gasteiger charge is 2.25. The SMILES string of the molecule is Cn1cc(S(=O)(=O)NCC2CCCCC2O)cn1. The summed E-state index contributed by atoms with van der Waals surface area (Å²) in [5.74, 6) is 0.0187. The zero-order valence-corrected chi connectivity index (χ0v) is 11.2. The van der Waals surface area contributed by atoms with Gasteiger partial charge >= 0.3 is 0 Å². The third-order valence-corrected chi connectivity index (χ3v) is 4.77. The smallest absolute Gasteiger partial charge is 0.243 e.